The van der Waals surface area contributed by atoms with Crippen LogP contribution in [0.25, 0.3) is 0 Å². The molecule has 1 saturated carbocycles. The fourth-order valence-corrected chi connectivity index (χ4v) is 2.96. The standard InChI is InChI=1S/C15H26N4O/c1-3-16-14-11-15(18-12(2)17-14)19(9-10-20)13-7-5-4-6-8-13/h11,13,20H,3-10H2,1-2H3,(H,16,17,18). The molecule has 112 valence electrons. The van der Waals surface area contributed by atoms with Crippen LogP contribution in [-0.2, 0) is 0 Å². The molecule has 0 amide bonds. The number of anilines is 2. The second-order valence-corrected chi connectivity index (χ2v) is 5.40. The molecular formula is C15H26N4O. The van der Waals surface area contributed by atoms with Crippen molar-refractivity contribution in [2.45, 2.75) is 52.0 Å². The van der Waals surface area contributed by atoms with Crippen molar-refractivity contribution in [1.82, 2.24) is 9.97 Å². The fraction of sp³-hybridized carbons (Fsp3) is 0.733. The predicted octanol–water partition coefficient (Wildman–Crippen LogP) is 2.35. The third-order valence-corrected chi connectivity index (χ3v) is 3.83. The predicted molar refractivity (Wildman–Crippen MR) is 82.2 cm³/mol. The highest BCUT2D eigenvalue weighted by Gasteiger charge is 2.22. The Morgan fingerprint density at radius 2 is 2.05 bits per heavy atom. The summed E-state index contributed by atoms with van der Waals surface area (Å²) in [4.78, 5) is 11.2. The maximum Gasteiger partial charge on any atom is 0.134 e. The van der Waals surface area contributed by atoms with Crippen LogP contribution in [0.4, 0.5) is 11.6 Å². The van der Waals surface area contributed by atoms with Gasteiger partial charge in [-0.05, 0) is 26.7 Å². The maximum atomic E-state index is 9.37. The van der Waals surface area contributed by atoms with Crippen molar-refractivity contribution in [2.24, 2.45) is 0 Å². The minimum Gasteiger partial charge on any atom is -0.395 e. The minimum atomic E-state index is 0.163. The molecule has 5 heteroatoms. The van der Waals surface area contributed by atoms with Crippen molar-refractivity contribution in [1.29, 1.82) is 0 Å². The van der Waals surface area contributed by atoms with Crippen LogP contribution in [0.5, 0.6) is 0 Å². The Hall–Kier alpha value is -1.36. The topological polar surface area (TPSA) is 61.3 Å². The number of rotatable bonds is 6. The first-order valence-corrected chi connectivity index (χ1v) is 7.71. The van der Waals surface area contributed by atoms with Crippen molar-refractivity contribution in [2.75, 3.05) is 29.9 Å². The zero-order valence-electron chi connectivity index (χ0n) is 12.6. The molecule has 5 nitrogen and oxygen atoms in total. The quantitative estimate of drug-likeness (QED) is 0.836. The van der Waals surface area contributed by atoms with Gasteiger partial charge < -0.3 is 15.3 Å². The molecule has 2 N–H and O–H groups in total. The van der Waals surface area contributed by atoms with Crippen molar-refractivity contribution < 1.29 is 5.11 Å². The number of aromatic nitrogens is 2. The van der Waals surface area contributed by atoms with Gasteiger partial charge in [-0.3, -0.25) is 0 Å². The van der Waals surface area contributed by atoms with E-state index in [1.54, 1.807) is 0 Å². The third kappa shape index (κ3) is 3.82. The average Bonchev–Trinajstić information content (AvgIpc) is 2.45. The summed E-state index contributed by atoms with van der Waals surface area (Å²) in [5.74, 6) is 2.58. The Kier molecular flexibility index (Phi) is 5.59. The smallest absolute Gasteiger partial charge is 0.134 e. The summed E-state index contributed by atoms with van der Waals surface area (Å²) >= 11 is 0. The number of nitrogens with zero attached hydrogens (tertiary/aromatic N) is 3. The lowest BCUT2D eigenvalue weighted by molar-refractivity contribution is 0.289. The van der Waals surface area contributed by atoms with Gasteiger partial charge in [-0.1, -0.05) is 19.3 Å². The Morgan fingerprint density at radius 1 is 1.30 bits per heavy atom. The summed E-state index contributed by atoms with van der Waals surface area (Å²) in [6, 6.07) is 2.50. The number of aliphatic hydroxyl groups excluding tert-OH is 1. The lowest BCUT2D eigenvalue weighted by Crippen LogP contribution is -2.39. The lowest BCUT2D eigenvalue weighted by Gasteiger charge is -2.35. The Labute approximate surface area is 121 Å². The first kappa shape index (κ1) is 15.0. The van der Waals surface area contributed by atoms with Gasteiger partial charge in [0.15, 0.2) is 0 Å². The first-order chi connectivity index (χ1) is 9.74. The number of hydrogen-bond donors (Lipinski definition) is 2. The van der Waals surface area contributed by atoms with Gasteiger partial charge >= 0.3 is 0 Å². The first-order valence-electron chi connectivity index (χ1n) is 7.71. The fourth-order valence-electron chi connectivity index (χ4n) is 2.96. The van der Waals surface area contributed by atoms with Crippen molar-refractivity contribution in [3.05, 3.63) is 11.9 Å². The molecule has 0 unspecified atom stereocenters. The van der Waals surface area contributed by atoms with Crippen LogP contribution in [0.15, 0.2) is 6.07 Å². The highest BCUT2D eigenvalue weighted by atomic mass is 16.3. The molecule has 0 bridgehead atoms. The van der Waals surface area contributed by atoms with E-state index in [1.807, 2.05) is 13.0 Å². The van der Waals surface area contributed by atoms with Gasteiger partial charge in [-0.15, -0.1) is 0 Å². The number of hydrogen-bond acceptors (Lipinski definition) is 5. The molecule has 1 aliphatic rings. The molecule has 0 aliphatic heterocycles. The van der Waals surface area contributed by atoms with E-state index in [0.29, 0.717) is 12.6 Å². The second-order valence-electron chi connectivity index (χ2n) is 5.40. The van der Waals surface area contributed by atoms with Crippen LogP contribution < -0.4 is 10.2 Å². The molecule has 1 heterocycles. The maximum absolute atomic E-state index is 9.37. The van der Waals surface area contributed by atoms with E-state index >= 15 is 0 Å². The normalized spacial score (nSPS) is 16.1. The van der Waals surface area contributed by atoms with Gasteiger partial charge in [0.05, 0.1) is 6.61 Å². The largest absolute Gasteiger partial charge is 0.395 e. The summed E-state index contributed by atoms with van der Waals surface area (Å²) in [7, 11) is 0. The van der Waals surface area contributed by atoms with E-state index in [1.165, 1.54) is 32.1 Å². The SMILES string of the molecule is CCNc1cc(N(CCO)C2CCCCC2)nc(C)n1. The van der Waals surface area contributed by atoms with Crippen LogP contribution in [0.3, 0.4) is 0 Å². The van der Waals surface area contributed by atoms with Gasteiger partial charge in [-0.2, -0.15) is 0 Å². The molecule has 1 aliphatic carbocycles. The molecular weight excluding hydrogens is 252 g/mol. The summed E-state index contributed by atoms with van der Waals surface area (Å²) in [6.07, 6.45) is 6.27. The van der Waals surface area contributed by atoms with Crippen LogP contribution in [0, 0.1) is 6.92 Å². The third-order valence-electron chi connectivity index (χ3n) is 3.83. The summed E-state index contributed by atoms with van der Waals surface area (Å²) < 4.78 is 0. The summed E-state index contributed by atoms with van der Waals surface area (Å²) in [6.45, 7) is 5.63. The minimum absolute atomic E-state index is 0.163. The molecule has 1 aromatic rings. The monoisotopic (exact) mass is 278 g/mol. The molecule has 2 rings (SSSR count). The van der Waals surface area contributed by atoms with E-state index in [0.717, 1.165) is 24.0 Å². The molecule has 0 aromatic carbocycles. The van der Waals surface area contributed by atoms with Crippen LogP contribution in [0.2, 0.25) is 0 Å². The van der Waals surface area contributed by atoms with E-state index in [4.69, 9.17) is 0 Å². The molecule has 0 saturated heterocycles. The average molecular weight is 278 g/mol. The molecule has 1 fully saturated rings. The lowest BCUT2D eigenvalue weighted by atomic mass is 9.94. The second kappa shape index (κ2) is 7.43. The van der Waals surface area contributed by atoms with Crippen molar-refractivity contribution in [3.8, 4) is 0 Å². The Balaban J connectivity index is 2.22. The number of nitrogens with one attached hydrogen (secondary N) is 1. The Bertz CT molecular complexity index is 418. The van der Waals surface area contributed by atoms with Crippen LogP contribution >= 0.6 is 0 Å². The molecule has 0 atom stereocenters. The van der Waals surface area contributed by atoms with Gasteiger partial charge in [0.1, 0.15) is 17.5 Å². The van der Waals surface area contributed by atoms with Crippen LogP contribution in [-0.4, -0.2) is 40.8 Å². The van der Waals surface area contributed by atoms with Crippen LogP contribution in [0.1, 0.15) is 44.9 Å². The Morgan fingerprint density at radius 3 is 2.70 bits per heavy atom. The highest BCUT2D eigenvalue weighted by molar-refractivity contribution is 5.50. The molecule has 1 aromatic heterocycles. The highest BCUT2D eigenvalue weighted by Crippen LogP contribution is 2.27. The van der Waals surface area contributed by atoms with E-state index in [2.05, 4.69) is 27.1 Å². The van der Waals surface area contributed by atoms with Gasteiger partial charge in [0.2, 0.25) is 0 Å². The molecule has 20 heavy (non-hydrogen) atoms. The van der Waals surface area contributed by atoms with Gasteiger partial charge in [0.25, 0.3) is 0 Å². The number of aryl methyl sites for hydroxylation is 1. The zero-order chi connectivity index (χ0) is 14.4. The summed E-state index contributed by atoms with van der Waals surface area (Å²) in [5.41, 5.74) is 0. The van der Waals surface area contributed by atoms with E-state index in [-0.39, 0.29) is 6.61 Å². The van der Waals surface area contributed by atoms with Gasteiger partial charge in [-0.25, -0.2) is 9.97 Å². The van der Waals surface area contributed by atoms with Crippen molar-refractivity contribution >= 4 is 11.6 Å². The van der Waals surface area contributed by atoms with Gasteiger partial charge in [0, 0.05) is 25.2 Å². The number of aliphatic hydroxyl groups is 1. The zero-order valence-corrected chi connectivity index (χ0v) is 12.6. The van der Waals surface area contributed by atoms with Crippen molar-refractivity contribution in [3.63, 3.8) is 0 Å². The van der Waals surface area contributed by atoms with E-state index < -0.39 is 0 Å². The summed E-state index contributed by atoms with van der Waals surface area (Å²) in [5, 5.41) is 12.6. The molecule has 0 radical (unpaired) electrons. The van der Waals surface area contributed by atoms with E-state index in [9.17, 15) is 5.11 Å². The molecule has 0 spiro atoms.